The Balaban J connectivity index is 2.04. The molecule has 3 rings (SSSR count). The Bertz CT molecular complexity index is 543. The molecule has 1 aliphatic heterocycles. The molecule has 1 fully saturated rings. The van der Waals surface area contributed by atoms with Crippen LogP contribution >= 0.6 is 24.2 Å². The average Bonchev–Trinajstić information content (AvgIpc) is 2.72. The maximum atomic E-state index is 5.63. The Kier molecular flexibility index (Phi) is 4.02. The van der Waals surface area contributed by atoms with Crippen LogP contribution < -0.4 is 0 Å². The smallest absolute Gasteiger partial charge is 0.157 e. The lowest BCUT2D eigenvalue weighted by Gasteiger charge is -2.39. The second-order valence-electron chi connectivity index (χ2n) is 6.00. The molecule has 0 unspecified atom stereocenters. The van der Waals surface area contributed by atoms with Crippen molar-refractivity contribution < 1.29 is 3.89 Å². The summed E-state index contributed by atoms with van der Waals surface area (Å²) in [5.74, 6) is 0. The van der Waals surface area contributed by atoms with Crippen LogP contribution in [0.3, 0.4) is 0 Å². The third-order valence-corrected chi connectivity index (χ3v) is 6.56. The molecule has 0 radical (unpaired) electrons. The first-order valence-corrected chi connectivity index (χ1v) is 8.68. The zero-order valence-electron chi connectivity index (χ0n) is 12.3. The standard InChI is InChI=1S/C17H22NS2/c1-13-16(14-9-5-3-6-10-14)18(2,20-17(13)19)15-11-7-4-8-12-15/h3,5-6,9-10,15H,4,7-8,11-12H2,1-2H3/q+1/t18-/m1/s1. The fraction of sp³-hybridized carbons (Fsp3) is 0.471. The summed E-state index contributed by atoms with van der Waals surface area (Å²) in [5, 5.41) is 0. The molecule has 1 saturated carbocycles. The van der Waals surface area contributed by atoms with Gasteiger partial charge in [0.15, 0.2) is 5.70 Å². The van der Waals surface area contributed by atoms with E-state index >= 15 is 0 Å². The normalized spacial score (nSPS) is 28.2. The van der Waals surface area contributed by atoms with Gasteiger partial charge in [0.1, 0.15) is 22.2 Å². The van der Waals surface area contributed by atoms with Crippen molar-refractivity contribution in [2.45, 2.75) is 45.1 Å². The van der Waals surface area contributed by atoms with Crippen molar-refractivity contribution in [2.75, 3.05) is 7.05 Å². The zero-order valence-corrected chi connectivity index (χ0v) is 13.9. The zero-order chi connectivity index (χ0) is 14.2. The highest BCUT2D eigenvalue weighted by Crippen LogP contribution is 2.50. The Hall–Kier alpha value is -0.640. The Morgan fingerprint density at radius 3 is 2.40 bits per heavy atom. The lowest BCUT2D eigenvalue weighted by Crippen LogP contribution is -2.44. The summed E-state index contributed by atoms with van der Waals surface area (Å²) in [6.07, 6.45) is 6.79. The molecule has 106 valence electrons. The first kappa shape index (κ1) is 14.3. The SMILES string of the molecule is CC1=C(c2ccccc2)[N@@+](C)(C2CCCCC2)SC1=S. The second kappa shape index (κ2) is 5.63. The molecule has 3 heteroatoms. The number of hydrogen-bond donors (Lipinski definition) is 0. The van der Waals surface area contributed by atoms with Crippen molar-refractivity contribution in [3.63, 3.8) is 0 Å². The van der Waals surface area contributed by atoms with Gasteiger partial charge in [-0.2, -0.15) is 0 Å². The Morgan fingerprint density at radius 2 is 1.75 bits per heavy atom. The predicted octanol–water partition coefficient (Wildman–Crippen LogP) is 5.19. The van der Waals surface area contributed by atoms with Gasteiger partial charge in [0.05, 0.1) is 7.05 Å². The lowest BCUT2D eigenvalue weighted by atomic mass is 9.93. The number of benzene rings is 1. The molecule has 1 aliphatic carbocycles. The highest BCUT2D eigenvalue weighted by atomic mass is 32.2. The monoisotopic (exact) mass is 304 g/mol. The van der Waals surface area contributed by atoms with Crippen molar-refractivity contribution in [3.05, 3.63) is 41.5 Å². The number of quaternary nitrogens is 1. The predicted molar refractivity (Wildman–Crippen MR) is 92.3 cm³/mol. The quantitative estimate of drug-likeness (QED) is 0.419. The third kappa shape index (κ3) is 2.36. The lowest BCUT2D eigenvalue weighted by molar-refractivity contribution is -0.726. The minimum atomic E-state index is 0.708. The van der Waals surface area contributed by atoms with Crippen LogP contribution in [0, 0.1) is 0 Å². The second-order valence-corrected chi connectivity index (χ2v) is 8.02. The van der Waals surface area contributed by atoms with Gasteiger partial charge in [-0.25, -0.2) is 3.89 Å². The van der Waals surface area contributed by atoms with Gasteiger partial charge in [0, 0.05) is 24.0 Å². The van der Waals surface area contributed by atoms with Gasteiger partial charge in [0.2, 0.25) is 0 Å². The summed E-state index contributed by atoms with van der Waals surface area (Å²) in [6.45, 7) is 2.20. The van der Waals surface area contributed by atoms with Crippen LogP contribution in [0.1, 0.15) is 44.6 Å². The molecule has 1 nitrogen and oxygen atoms in total. The van der Waals surface area contributed by atoms with E-state index in [4.69, 9.17) is 12.2 Å². The largest absolute Gasteiger partial charge is 0.224 e. The average molecular weight is 305 g/mol. The van der Waals surface area contributed by atoms with Gasteiger partial charge >= 0.3 is 0 Å². The van der Waals surface area contributed by atoms with Crippen LogP contribution in [0.25, 0.3) is 5.70 Å². The Labute approximate surface area is 131 Å². The van der Waals surface area contributed by atoms with E-state index in [2.05, 4.69) is 44.3 Å². The molecule has 20 heavy (non-hydrogen) atoms. The molecule has 0 aromatic heterocycles. The van der Waals surface area contributed by atoms with Gasteiger partial charge in [0.25, 0.3) is 0 Å². The summed E-state index contributed by atoms with van der Waals surface area (Å²) < 4.78 is 2.03. The van der Waals surface area contributed by atoms with Crippen LogP contribution in [0.15, 0.2) is 35.9 Å². The molecular weight excluding hydrogens is 282 g/mol. The fourth-order valence-corrected chi connectivity index (χ4v) is 5.45. The van der Waals surface area contributed by atoms with Crippen molar-refractivity contribution in [1.82, 2.24) is 0 Å². The van der Waals surface area contributed by atoms with Crippen molar-refractivity contribution >= 4 is 34.1 Å². The van der Waals surface area contributed by atoms with Crippen molar-refractivity contribution in [2.24, 2.45) is 0 Å². The van der Waals surface area contributed by atoms with Crippen molar-refractivity contribution in [1.29, 1.82) is 0 Å². The van der Waals surface area contributed by atoms with Crippen molar-refractivity contribution in [3.8, 4) is 0 Å². The van der Waals surface area contributed by atoms with Gasteiger partial charge in [-0.05, 0) is 31.9 Å². The van der Waals surface area contributed by atoms with E-state index in [0.717, 1.165) is 8.08 Å². The number of hydrogen-bond acceptors (Lipinski definition) is 2. The van der Waals surface area contributed by atoms with Crippen LogP contribution in [0.5, 0.6) is 0 Å². The summed E-state index contributed by atoms with van der Waals surface area (Å²) in [5.41, 5.74) is 4.09. The third-order valence-electron chi connectivity index (χ3n) is 4.70. The summed E-state index contributed by atoms with van der Waals surface area (Å²) in [6, 6.07) is 11.5. The van der Waals surface area contributed by atoms with Gasteiger partial charge in [-0.15, -0.1) is 0 Å². The van der Waals surface area contributed by atoms with E-state index in [1.807, 2.05) is 11.9 Å². The summed E-state index contributed by atoms with van der Waals surface area (Å²) in [7, 11) is 2.37. The molecule has 1 heterocycles. The molecule has 0 saturated heterocycles. The van der Waals surface area contributed by atoms with E-state index in [9.17, 15) is 0 Å². The van der Waals surface area contributed by atoms with Gasteiger partial charge < -0.3 is 0 Å². The fourth-order valence-electron chi connectivity index (χ4n) is 3.62. The maximum Gasteiger partial charge on any atom is 0.157 e. The molecule has 1 aromatic carbocycles. The molecule has 0 amide bonds. The highest BCUT2D eigenvalue weighted by molar-refractivity contribution is 8.20. The molecule has 0 spiro atoms. The van der Waals surface area contributed by atoms with E-state index in [1.165, 1.54) is 48.9 Å². The molecule has 1 atom stereocenters. The van der Waals surface area contributed by atoms with Gasteiger partial charge in [-0.3, -0.25) is 0 Å². The molecule has 1 aromatic rings. The first-order chi connectivity index (χ1) is 9.63. The van der Waals surface area contributed by atoms with Crippen LogP contribution in [-0.4, -0.2) is 21.2 Å². The number of nitrogens with zero attached hydrogens (tertiary/aromatic N) is 1. The first-order valence-electron chi connectivity index (χ1n) is 7.50. The maximum absolute atomic E-state index is 5.63. The minimum absolute atomic E-state index is 0.708. The topological polar surface area (TPSA) is 0 Å². The number of thiocarbonyl (C=S) groups is 1. The Morgan fingerprint density at radius 1 is 1.10 bits per heavy atom. The van der Waals surface area contributed by atoms with E-state index in [0.29, 0.717) is 6.04 Å². The van der Waals surface area contributed by atoms with E-state index in [-0.39, 0.29) is 0 Å². The molecule has 2 aliphatic rings. The van der Waals surface area contributed by atoms with Crippen LogP contribution in [0.4, 0.5) is 0 Å². The molecular formula is C17H22NS2+. The number of rotatable bonds is 2. The molecule has 0 bridgehead atoms. The summed E-state index contributed by atoms with van der Waals surface area (Å²) >= 11 is 7.51. The van der Waals surface area contributed by atoms with Crippen LogP contribution in [-0.2, 0) is 0 Å². The minimum Gasteiger partial charge on any atom is -0.224 e. The summed E-state index contributed by atoms with van der Waals surface area (Å²) in [4.78, 5) is 0. The van der Waals surface area contributed by atoms with E-state index in [1.54, 1.807) is 0 Å². The molecule has 0 N–H and O–H groups in total. The van der Waals surface area contributed by atoms with Crippen LogP contribution in [0.2, 0.25) is 0 Å². The van der Waals surface area contributed by atoms with Gasteiger partial charge in [-0.1, -0.05) is 36.8 Å². The highest BCUT2D eigenvalue weighted by Gasteiger charge is 2.47. The van der Waals surface area contributed by atoms with E-state index < -0.39 is 0 Å².